The number of allylic oxidation sites excluding steroid dienone is 2. The van der Waals surface area contributed by atoms with Crippen LogP contribution in [0.4, 0.5) is 0 Å². The Morgan fingerprint density at radius 3 is 2.54 bits per heavy atom. The first-order valence-corrected chi connectivity index (χ1v) is 17.8. The number of benzene rings is 2. The van der Waals surface area contributed by atoms with Gasteiger partial charge in [-0.05, 0) is 42.7 Å². The molecule has 1 aliphatic carbocycles. The largest absolute Gasteiger partial charge is 0.488 e. The first kappa shape index (κ1) is 40.1. The Labute approximate surface area is 319 Å². The van der Waals surface area contributed by atoms with Gasteiger partial charge in [0, 0.05) is 54.7 Å². The van der Waals surface area contributed by atoms with Crippen molar-refractivity contribution < 1.29 is 38.8 Å². The maximum Gasteiger partial charge on any atom is 0.326 e. The van der Waals surface area contributed by atoms with Gasteiger partial charge in [-0.25, -0.2) is 0 Å². The van der Waals surface area contributed by atoms with Crippen LogP contribution < -0.4 is 20.1 Å². The normalized spacial score (nSPS) is 19.3. The van der Waals surface area contributed by atoms with Gasteiger partial charge in [-0.1, -0.05) is 67.9 Å². The quantitative estimate of drug-likeness (QED) is 0.114. The predicted molar refractivity (Wildman–Crippen MR) is 200 cm³/mol. The Bertz CT molecular complexity index is 1950. The summed E-state index contributed by atoms with van der Waals surface area (Å²) >= 11 is 6.84. The van der Waals surface area contributed by atoms with Crippen LogP contribution in [0.1, 0.15) is 49.4 Å². The molecule has 1 aromatic heterocycles. The van der Waals surface area contributed by atoms with E-state index in [2.05, 4.69) is 41.6 Å². The van der Waals surface area contributed by atoms with E-state index in [1.807, 2.05) is 42.5 Å². The van der Waals surface area contributed by atoms with Crippen LogP contribution in [0.2, 0.25) is 5.02 Å². The fraction of sp³-hybridized carbons (Fsp3) is 0.375. The van der Waals surface area contributed by atoms with Crippen LogP contribution in [0, 0.1) is 16.7 Å². The number of carboxylic acid groups (broad SMARTS) is 1. The fourth-order valence-electron chi connectivity index (χ4n) is 6.34. The lowest BCUT2D eigenvalue weighted by molar-refractivity contribution is -0.146. The highest BCUT2D eigenvalue weighted by Gasteiger charge is 2.49. The number of aliphatic carboxylic acids is 1. The summed E-state index contributed by atoms with van der Waals surface area (Å²) in [5, 5.41) is 34.3. The number of aliphatic hydroxyl groups excluding tert-OH is 1. The van der Waals surface area contributed by atoms with E-state index >= 15 is 0 Å². The molecule has 1 fully saturated rings. The van der Waals surface area contributed by atoms with Gasteiger partial charge in [-0.15, -0.1) is 0 Å². The maximum atomic E-state index is 11.9. The Kier molecular flexibility index (Phi) is 12.9. The zero-order valence-corrected chi connectivity index (χ0v) is 31.2. The number of hydrogen-bond acceptors (Lipinski definition) is 11. The molecule has 13 nitrogen and oxygen atoms in total. The lowest BCUT2D eigenvalue weighted by atomic mass is 9.65. The number of carbonyl (C=O) groups excluding carboxylic acids is 2. The topological polar surface area (TPSA) is 183 Å². The molecule has 0 radical (unpaired) electrons. The summed E-state index contributed by atoms with van der Waals surface area (Å²) < 4.78 is 19.5. The van der Waals surface area contributed by atoms with Crippen molar-refractivity contribution >= 4 is 35.0 Å². The molecule has 0 bridgehead atoms. The molecule has 5 rings (SSSR count). The number of carbonyl (C=O) groups is 3. The van der Waals surface area contributed by atoms with Crippen molar-refractivity contribution in [1.29, 1.82) is 5.26 Å². The Hall–Kier alpha value is -5.10. The van der Waals surface area contributed by atoms with Crippen LogP contribution in [0.3, 0.4) is 0 Å². The average Bonchev–Trinajstić information content (AvgIpc) is 3.15. The number of hydrogen-bond donors (Lipinski definition) is 4. The average molecular weight is 758 g/mol. The van der Waals surface area contributed by atoms with Crippen LogP contribution in [-0.2, 0) is 32.3 Å². The third-order valence-corrected chi connectivity index (χ3v) is 10.1. The van der Waals surface area contributed by atoms with Gasteiger partial charge >= 0.3 is 5.97 Å². The zero-order valence-electron chi connectivity index (χ0n) is 30.4. The standard InChI is InChI=1S/C40H44ClN5O8/c1-38(2)31(29-9-5-4-6-10-29)11-7-12-40(38,54-14-8-13-46-22-35(48)45-36(49)23-46)26-53-34-17-33(52-24-28-15-27(18-42)19-43-20-28)30(16-32(34)41)21-44-39(3,25-47)37(50)51/h4-7,9-12,15-17,19-20,44,47H,8,13-14,21-26H2,1-3H3,(H,50,51)(H,45,48,49). The van der Waals surface area contributed by atoms with E-state index in [0.717, 1.165) is 11.1 Å². The number of nitriles is 1. The molecule has 1 saturated heterocycles. The second kappa shape index (κ2) is 17.4. The highest BCUT2D eigenvalue weighted by Crippen LogP contribution is 2.49. The Morgan fingerprint density at radius 1 is 1.11 bits per heavy atom. The number of piperazine rings is 1. The van der Waals surface area contributed by atoms with E-state index in [1.165, 1.54) is 13.1 Å². The predicted octanol–water partition coefficient (Wildman–Crippen LogP) is 4.27. The summed E-state index contributed by atoms with van der Waals surface area (Å²) in [4.78, 5) is 41.6. The summed E-state index contributed by atoms with van der Waals surface area (Å²) in [6.45, 7) is 5.96. The minimum atomic E-state index is -1.63. The van der Waals surface area contributed by atoms with Gasteiger partial charge in [-0.3, -0.25) is 34.9 Å². The molecule has 2 aliphatic rings. The van der Waals surface area contributed by atoms with E-state index < -0.39 is 29.1 Å². The van der Waals surface area contributed by atoms with Gasteiger partial charge in [0.15, 0.2) is 0 Å². The number of carboxylic acids is 1. The van der Waals surface area contributed by atoms with Gasteiger partial charge < -0.3 is 24.4 Å². The number of aromatic nitrogens is 1. The Morgan fingerprint density at radius 2 is 1.85 bits per heavy atom. The van der Waals surface area contributed by atoms with Crippen molar-refractivity contribution in [3.05, 3.63) is 106 Å². The van der Waals surface area contributed by atoms with Crippen molar-refractivity contribution in [2.24, 2.45) is 5.41 Å². The molecule has 14 heteroatoms. The van der Waals surface area contributed by atoms with Crippen molar-refractivity contribution in [2.75, 3.05) is 39.5 Å². The highest BCUT2D eigenvalue weighted by atomic mass is 35.5. The summed E-state index contributed by atoms with van der Waals surface area (Å²) in [6.07, 6.45) is 9.54. The molecule has 2 aromatic carbocycles. The van der Waals surface area contributed by atoms with Gasteiger partial charge in [0.05, 0.1) is 30.3 Å². The number of nitrogens with one attached hydrogen (secondary N) is 2. The van der Waals surface area contributed by atoms with Gasteiger partial charge in [0.2, 0.25) is 11.8 Å². The molecule has 284 valence electrons. The van der Waals surface area contributed by atoms with E-state index in [0.29, 0.717) is 42.0 Å². The molecule has 0 spiro atoms. The number of halogens is 1. The van der Waals surface area contributed by atoms with Crippen LogP contribution in [0.25, 0.3) is 5.57 Å². The smallest absolute Gasteiger partial charge is 0.326 e. The van der Waals surface area contributed by atoms with Gasteiger partial charge in [-0.2, -0.15) is 5.26 Å². The molecular formula is C40H44ClN5O8. The van der Waals surface area contributed by atoms with Crippen LogP contribution in [0.15, 0.2) is 79.2 Å². The van der Waals surface area contributed by atoms with Gasteiger partial charge in [0.1, 0.15) is 41.9 Å². The second-order valence-corrected chi connectivity index (χ2v) is 14.4. The maximum absolute atomic E-state index is 11.9. The van der Waals surface area contributed by atoms with Crippen LogP contribution >= 0.6 is 11.6 Å². The summed E-state index contributed by atoms with van der Waals surface area (Å²) in [5.41, 5.74) is 0.271. The first-order valence-electron chi connectivity index (χ1n) is 17.4. The number of rotatable bonds is 17. The van der Waals surface area contributed by atoms with E-state index in [-0.39, 0.29) is 55.4 Å². The SMILES string of the molecule is CC(CO)(NCc1cc(Cl)c(OCC2(OCCCN3CC(=O)NC(=O)C3)C=CC=C(c3ccccc3)C2(C)C)cc1OCc1cncc(C#N)c1)C(=O)O. The minimum absolute atomic E-state index is 0.0203. The number of pyridine rings is 1. The van der Waals surface area contributed by atoms with Crippen molar-refractivity contribution in [2.45, 2.75) is 51.5 Å². The summed E-state index contributed by atoms with van der Waals surface area (Å²) in [6, 6.07) is 16.9. The van der Waals surface area contributed by atoms with Crippen LogP contribution in [0.5, 0.6) is 11.5 Å². The molecule has 3 aromatic rings. The second-order valence-electron chi connectivity index (χ2n) is 14.0. The first-order chi connectivity index (χ1) is 25.8. The molecule has 4 N–H and O–H groups in total. The minimum Gasteiger partial charge on any atom is -0.488 e. The zero-order chi connectivity index (χ0) is 38.9. The molecule has 2 unspecified atom stereocenters. The lowest BCUT2D eigenvalue weighted by Crippen LogP contribution is -2.53. The third kappa shape index (κ3) is 9.33. The molecule has 2 heterocycles. The lowest BCUT2D eigenvalue weighted by Gasteiger charge is -2.47. The number of imide groups is 1. The van der Waals surface area contributed by atoms with E-state index in [4.69, 9.17) is 25.8 Å². The number of aliphatic hydroxyl groups is 1. The summed E-state index contributed by atoms with van der Waals surface area (Å²) in [5.74, 6) is -1.28. The highest BCUT2D eigenvalue weighted by molar-refractivity contribution is 6.32. The molecule has 54 heavy (non-hydrogen) atoms. The van der Waals surface area contributed by atoms with Crippen molar-refractivity contribution in [3.63, 3.8) is 0 Å². The summed E-state index contributed by atoms with van der Waals surface area (Å²) in [7, 11) is 0. The van der Waals surface area contributed by atoms with Gasteiger partial charge in [0.25, 0.3) is 0 Å². The molecule has 2 atom stereocenters. The number of nitrogens with zero attached hydrogens (tertiary/aromatic N) is 3. The number of ether oxygens (including phenoxy) is 3. The van der Waals surface area contributed by atoms with Crippen LogP contribution in [-0.4, -0.2) is 88.5 Å². The van der Waals surface area contributed by atoms with Crippen molar-refractivity contribution in [3.8, 4) is 17.6 Å². The monoisotopic (exact) mass is 757 g/mol. The van der Waals surface area contributed by atoms with E-state index in [9.17, 15) is 29.9 Å². The number of amides is 2. The third-order valence-electron chi connectivity index (χ3n) is 9.77. The van der Waals surface area contributed by atoms with E-state index in [1.54, 1.807) is 29.3 Å². The fourth-order valence-corrected chi connectivity index (χ4v) is 6.58. The molecule has 1 aliphatic heterocycles. The molecule has 0 saturated carbocycles. The molecule has 2 amide bonds. The Balaban J connectivity index is 1.42. The van der Waals surface area contributed by atoms with Crippen molar-refractivity contribution in [1.82, 2.24) is 20.5 Å². The molecular weight excluding hydrogens is 714 g/mol.